The van der Waals surface area contributed by atoms with Gasteiger partial charge in [0.15, 0.2) is 11.6 Å². The van der Waals surface area contributed by atoms with E-state index < -0.39 is 17.1 Å². The summed E-state index contributed by atoms with van der Waals surface area (Å²) in [4.78, 5) is 36.1. The smallest absolute Gasteiger partial charge is 0.246 e. The average Bonchev–Trinajstić information content (AvgIpc) is 3.14. The van der Waals surface area contributed by atoms with Gasteiger partial charge >= 0.3 is 0 Å². The molecule has 34 heavy (non-hydrogen) atoms. The number of hydroxylamine groups is 2. The van der Waals surface area contributed by atoms with E-state index in [2.05, 4.69) is 32.6 Å². The van der Waals surface area contributed by atoms with Gasteiger partial charge in [0.2, 0.25) is 23.4 Å². The minimum Gasteiger partial charge on any atom is -0.352 e. The summed E-state index contributed by atoms with van der Waals surface area (Å²) in [6, 6.07) is 0.241. The van der Waals surface area contributed by atoms with E-state index in [-0.39, 0.29) is 35.4 Å². The number of hydrogen-bond donors (Lipinski definition) is 3. The van der Waals surface area contributed by atoms with Gasteiger partial charge in [0.25, 0.3) is 0 Å². The summed E-state index contributed by atoms with van der Waals surface area (Å²) < 4.78 is 15.4. The van der Waals surface area contributed by atoms with Gasteiger partial charge < -0.3 is 9.80 Å². The first-order valence-electron chi connectivity index (χ1n) is 11.8. The van der Waals surface area contributed by atoms with Crippen LogP contribution in [0.1, 0.15) is 39.0 Å². The van der Waals surface area contributed by atoms with Gasteiger partial charge in [-0.3, -0.25) is 25.6 Å². The first-order valence-corrected chi connectivity index (χ1v) is 12.2. The average molecular weight is 498 g/mol. The van der Waals surface area contributed by atoms with Gasteiger partial charge in [-0.2, -0.15) is 14.4 Å². The molecule has 1 aromatic heterocycles. The SMILES string of the molecule is CC1CN(c2nc(Cl)nc(NNC(=O)C3(CN(O)C=O)CC3C3CCCC3)c2F)C[C@@H]1N(C)C. The highest BCUT2D eigenvalue weighted by molar-refractivity contribution is 6.28. The third-order valence-corrected chi connectivity index (χ3v) is 7.93. The maximum Gasteiger partial charge on any atom is 0.246 e. The Labute approximate surface area is 203 Å². The Morgan fingerprint density at radius 1 is 1.32 bits per heavy atom. The Balaban J connectivity index is 1.48. The van der Waals surface area contributed by atoms with Crippen LogP contribution in [-0.2, 0) is 9.59 Å². The predicted molar refractivity (Wildman–Crippen MR) is 125 cm³/mol. The highest BCUT2D eigenvalue weighted by Gasteiger charge is 2.63. The van der Waals surface area contributed by atoms with E-state index in [1.54, 1.807) is 0 Å². The molecule has 1 aliphatic heterocycles. The van der Waals surface area contributed by atoms with Crippen molar-refractivity contribution in [2.75, 3.05) is 44.1 Å². The number of carbonyl (C=O) groups is 2. The Bertz CT molecular complexity index is 932. The summed E-state index contributed by atoms with van der Waals surface area (Å²) in [6.07, 6.45) is 5.14. The van der Waals surface area contributed by atoms with Crippen LogP contribution in [0, 0.1) is 29.0 Å². The second-order valence-electron chi connectivity index (χ2n) is 10.2. The highest BCUT2D eigenvalue weighted by Crippen LogP contribution is 2.60. The molecule has 1 aromatic rings. The van der Waals surface area contributed by atoms with E-state index >= 15 is 4.39 Å². The number of amides is 2. The van der Waals surface area contributed by atoms with E-state index in [1.165, 1.54) is 0 Å². The Morgan fingerprint density at radius 2 is 2.03 bits per heavy atom. The number of likely N-dealkylation sites (N-methyl/N-ethyl adjacent to an activating group) is 1. The predicted octanol–water partition coefficient (Wildman–Crippen LogP) is 2.14. The number of nitrogens with zero attached hydrogens (tertiary/aromatic N) is 5. The molecule has 3 N–H and O–H groups in total. The van der Waals surface area contributed by atoms with Crippen LogP contribution in [-0.4, -0.2) is 77.2 Å². The van der Waals surface area contributed by atoms with Crippen molar-refractivity contribution in [1.29, 1.82) is 0 Å². The van der Waals surface area contributed by atoms with Crippen molar-refractivity contribution in [1.82, 2.24) is 25.4 Å². The van der Waals surface area contributed by atoms with Gasteiger partial charge in [0, 0.05) is 19.1 Å². The summed E-state index contributed by atoms with van der Waals surface area (Å²) >= 11 is 6.09. The summed E-state index contributed by atoms with van der Waals surface area (Å²) in [7, 11) is 3.97. The van der Waals surface area contributed by atoms with Crippen molar-refractivity contribution in [3.63, 3.8) is 0 Å². The molecular formula is C22H33ClFN7O3. The zero-order chi connectivity index (χ0) is 24.6. The molecule has 0 spiro atoms. The third kappa shape index (κ3) is 4.78. The second kappa shape index (κ2) is 9.79. The summed E-state index contributed by atoms with van der Waals surface area (Å²) in [6.45, 7) is 3.20. The molecule has 2 aliphatic carbocycles. The Morgan fingerprint density at radius 3 is 2.65 bits per heavy atom. The minimum atomic E-state index is -0.920. The van der Waals surface area contributed by atoms with E-state index in [9.17, 15) is 14.8 Å². The lowest BCUT2D eigenvalue weighted by Gasteiger charge is -2.24. The molecule has 4 rings (SSSR count). The number of hydrazine groups is 1. The van der Waals surface area contributed by atoms with Crippen molar-refractivity contribution in [2.45, 2.75) is 45.1 Å². The number of carbonyl (C=O) groups excluding carboxylic acids is 2. The quantitative estimate of drug-likeness (QED) is 0.206. The topological polar surface area (TPSA) is 114 Å². The van der Waals surface area contributed by atoms with Crippen molar-refractivity contribution in [2.24, 2.45) is 23.2 Å². The van der Waals surface area contributed by atoms with E-state index in [0.29, 0.717) is 42.8 Å². The first kappa shape index (κ1) is 24.9. The third-order valence-electron chi connectivity index (χ3n) is 7.76. The number of hydrogen-bond acceptors (Lipinski definition) is 8. The summed E-state index contributed by atoms with van der Waals surface area (Å²) in [5, 5.41) is 10.2. The largest absolute Gasteiger partial charge is 0.352 e. The number of aromatic nitrogens is 2. The summed E-state index contributed by atoms with van der Waals surface area (Å²) in [5.74, 6) is -0.511. The van der Waals surface area contributed by atoms with Crippen molar-refractivity contribution < 1.29 is 19.2 Å². The molecule has 0 aromatic carbocycles. The van der Waals surface area contributed by atoms with Crippen LogP contribution in [0.5, 0.6) is 0 Å². The van der Waals surface area contributed by atoms with E-state index in [1.807, 2.05) is 19.0 Å². The summed E-state index contributed by atoms with van der Waals surface area (Å²) in [5.41, 5.74) is 4.20. The Hall–Kier alpha value is -2.24. The number of anilines is 2. The molecule has 3 aliphatic rings. The Kier molecular flexibility index (Phi) is 7.16. The molecule has 12 heteroatoms. The lowest BCUT2D eigenvalue weighted by molar-refractivity contribution is -0.156. The lowest BCUT2D eigenvalue weighted by atomic mass is 9.92. The van der Waals surface area contributed by atoms with Gasteiger partial charge in [0.05, 0.1) is 12.0 Å². The van der Waals surface area contributed by atoms with E-state index in [0.717, 1.165) is 25.7 Å². The van der Waals surface area contributed by atoms with Crippen LogP contribution in [0.15, 0.2) is 0 Å². The van der Waals surface area contributed by atoms with Crippen LogP contribution in [0.2, 0.25) is 5.28 Å². The monoisotopic (exact) mass is 497 g/mol. The molecular weight excluding hydrogens is 465 g/mol. The van der Waals surface area contributed by atoms with Crippen LogP contribution in [0.4, 0.5) is 16.0 Å². The molecule has 1 saturated heterocycles. The van der Waals surface area contributed by atoms with Gasteiger partial charge in [-0.1, -0.05) is 32.6 Å². The second-order valence-corrected chi connectivity index (χ2v) is 10.5. The molecule has 2 amide bonds. The van der Waals surface area contributed by atoms with Crippen LogP contribution < -0.4 is 15.8 Å². The van der Waals surface area contributed by atoms with Crippen LogP contribution in [0.25, 0.3) is 0 Å². The molecule has 188 valence electrons. The zero-order valence-electron chi connectivity index (χ0n) is 19.8. The number of rotatable bonds is 9. The fraction of sp³-hybridized carbons (Fsp3) is 0.727. The van der Waals surface area contributed by atoms with Gasteiger partial charge in [-0.25, -0.2) is 5.06 Å². The number of halogens is 2. The van der Waals surface area contributed by atoms with E-state index in [4.69, 9.17) is 11.6 Å². The molecule has 2 heterocycles. The van der Waals surface area contributed by atoms with Gasteiger partial charge in [0.1, 0.15) is 0 Å². The standard InChI is InChI=1S/C22H33ClFN7O3/c1-13-9-30(10-16(13)29(2)3)19-17(24)18(25-21(23)26-19)27-28-20(33)22(11-31(34)12-32)8-15(22)14-6-4-5-7-14/h12-16,34H,4-11H2,1-3H3,(H,28,33)(H,25,26,27)/t13?,15?,16-,22?/m0/s1. The van der Waals surface area contributed by atoms with Crippen molar-refractivity contribution in [3.8, 4) is 0 Å². The fourth-order valence-electron chi connectivity index (χ4n) is 5.89. The lowest BCUT2D eigenvalue weighted by Crippen LogP contribution is -2.43. The van der Waals surface area contributed by atoms with Crippen molar-refractivity contribution >= 4 is 35.6 Å². The minimum absolute atomic E-state index is 0.0647. The highest BCUT2D eigenvalue weighted by atomic mass is 35.5. The first-order chi connectivity index (χ1) is 16.2. The van der Waals surface area contributed by atoms with Crippen LogP contribution in [0.3, 0.4) is 0 Å². The van der Waals surface area contributed by atoms with Gasteiger partial charge in [-0.15, -0.1) is 0 Å². The molecule has 3 unspecified atom stereocenters. The number of nitrogens with one attached hydrogen (secondary N) is 2. The molecule has 3 fully saturated rings. The maximum absolute atomic E-state index is 15.4. The molecule has 4 atom stereocenters. The normalized spacial score (nSPS) is 28.9. The zero-order valence-corrected chi connectivity index (χ0v) is 20.6. The van der Waals surface area contributed by atoms with Crippen molar-refractivity contribution in [3.05, 3.63) is 11.1 Å². The maximum atomic E-state index is 15.4. The molecule has 0 radical (unpaired) electrons. The van der Waals surface area contributed by atoms with Gasteiger partial charge in [-0.05, 0) is 49.9 Å². The molecule has 0 bridgehead atoms. The van der Waals surface area contributed by atoms with Crippen LogP contribution >= 0.6 is 11.6 Å². The fourth-order valence-corrected chi connectivity index (χ4v) is 6.05. The molecule has 10 nitrogen and oxygen atoms in total. The molecule has 2 saturated carbocycles.